The molecule has 2 heterocycles. The van der Waals surface area contributed by atoms with E-state index in [-0.39, 0.29) is 5.91 Å². The minimum atomic E-state index is -0.113. The molecule has 0 aliphatic carbocycles. The second kappa shape index (κ2) is 5.94. The minimum Gasteiger partial charge on any atom is -0.455 e. The van der Waals surface area contributed by atoms with E-state index in [9.17, 15) is 4.79 Å². The lowest BCUT2D eigenvalue weighted by Crippen LogP contribution is -2.15. The Labute approximate surface area is 136 Å². The topological polar surface area (TPSA) is 51.2 Å². The molecule has 112 valence electrons. The quantitative estimate of drug-likeness (QED) is 0.773. The molecule has 0 aliphatic rings. The number of nitrogens with zero attached hydrogens (tertiary/aromatic N) is 1. The van der Waals surface area contributed by atoms with Gasteiger partial charge in [-0.25, -0.2) is 0 Å². The molecule has 4 nitrogen and oxygen atoms in total. The summed E-state index contributed by atoms with van der Waals surface area (Å²) in [6.45, 7) is 1.92. The van der Waals surface area contributed by atoms with Crippen molar-refractivity contribution in [1.82, 2.24) is 10.3 Å². The molecular formula is C16H13ClN2O2S. The van der Waals surface area contributed by atoms with E-state index < -0.39 is 0 Å². The number of hydrogen-bond donors (Lipinski definition) is 1. The molecule has 0 unspecified atom stereocenters. The van der Waals surface area contributed by atoms with Crippen LogP contribution < -0.4 is 10.1 Å². The van der Waals surface area contributed by atoms with E-state index >= 15 is 0 Å². The maximum absolute atomic E-state index is 11.8. The van der Waals surface area contributed by atoms with Gasteiger partial charge in [0, 0.05) is 17.5 Å². The first-order chi connectivity index (χ1) is 10.6. The minimum absolute atomic E-state index is 0.113. The fraction of sp³-hybridized carbons (Fsp3) is 0.125. The maximum atomic E-state index is 11.8. The number of pyridine rings is 1. The van der Waals surface area contributed by atoms with Gasteiger partial charge in [-0.15, -0.1) is 11.3 Å². The highest BCUT2D eigenvalue weighted by molar-refractivity contribution is 7.21. The predicted octanol–water partition coefficient (Wildman–Crippen LogP) is 4.41. The number of hydrogen-bond acceptors (Lipinski definition) is 4. The lowest BCUT2D eigenvalue weighted by Gasteiger charge is -2.07. The van der Waals surface area contributed by atoms with Gasteiger partial charge in [0.15, 0.2) is 5.75 Å². The number of carbonyl (C=O) groups excluding carboxylic acids is 1. The van der Waals surface area contributed by atoms with Crippen molar-refractivity contribution in [3.05, 3.63) is 52.1 Å². The van der Waals surface area contributed by atoms with E-state index in [1.807, 2.05) is 13.0 Å². The van der Waals surface area contributed by atoms with Gasteiger partial charge in [0.25, 0.3) is 5.91 Å². The van der Waals surface area contributed by atoms with Gasteiger partial charge >= 0.3 is 0 Å². The maximum Gasteiger partial charge on any atom is 0.261 e. The average molecular weight is 333 g/mol. The van der Waals surface area contributed by atoms with Crippen molar-refractivity contribution in [2.45, 2.75) is 6.92 Å². The second-order valence-electron chi connectivity index (χ2n) is 4.70. The number of amides is 1. The number of nitrogens with one attached hydrogen (secondary N) is 1. The number of aryl methyl sites for hydroxylation is 1. The molecule has 0 spiro atoms. The molecule has 1 N–H and O–H groups in total. The second-order valence-corrected chi connectivity index (χ2v) is 6.19. The molecule has 3 aromatic rings. The molecule has 6 heteroatoms. The molecule has 3 rings (SSSR count). The number of halogens is 1. The van der Waals surface area contributed by atoms with Gasteiger partial charge in [-0.1, -0.05) is 11.6 Å². The van der Waals surface area contributed by atoms with Gasteiger partial charge in [0.05, 0.1) is 21.5 Å². The van der Waals surface area contributed by atoms with Gasteiger partial charge in [-0.2, -0.15) is 0 Å². The number of fused-ring (bicyclic) bond motifs is 1. The zero-order valence-electron chi connectivity index (χ0n) is 12.0. The van der Waals surface area contributed by atoms with Crippen molar-refractivity contribution in [2.24, 2.45) is 0 Å². The van der Waals surface area contributed by atoms with Gasteiger partial charge in [-0.3, -0.25) is 9.78 Å². The summed E-state index contributed by atoms with van der Waals surface area (Å²) in [5, 5.41) is 4.16. The van der Waals surface area contributed by atoms with Crippen LogP contribution in [0, 0.1) is 6.92 Å². The standard InChI is InChI=1S/C16H13ClN2O2S/c1-9-15-12(7-14(22-15)16(20)18-2)13(8-19-9)21-11-5-3-10(17)4-6-11/h3-8H,1-2H3,(H,18,20). The number of benzene rings is 1. The largest absolute Gasteiger partial charge is 0.455 e. The van der Waals surface area contributed by atoms with Gasteiger partial charge in [0.2, 0.25) is 0 Å². The Morgan fingerprint density at radius 2 is 2.05 bits per heavy atom. The molecular weight excluding hydrogens is 320 g/mol. The Morgan fingerprint density at radius 3 is 2.73 bits per heavy atom. The van der Waals surface area contributed by atoms with E-state index in [0.29, 0.717) is 21.4 Å². The highest BCUT2D eigenvalue weighted by Gasteiger charge is 2.15. The molecule has 2 aromatic heterocycles. The van der Waals surface area contributed by atoms with E-state index in [4.69, 9.17) is 16.3 Å². The lowest BCUT2D eigenvalue weighted by atomic mass is 10.2. The fourth-order valence-electron chi connectivity index (χ4n) is 2.07. The number of rotatable bonds is 3. The molecule has 0 bridgehead atoms. The molecule has 0 aliphatic heterocycles. The summed E-state index contributed by atoms with van der Waals surface area (Å²) in [6.07, 6.45) is 1.67. The van der Waals surface area contributed by atoms with Crippen LogP contribution in [0.25, 0.3) is 10.1 Å². The predicted molar refractivity (Wildman–Crippen MR) is 89.3 cm³/mol. The summed E-state index contributed by atoms with van der Waals surface area (Å²) >= 11 is 7.28. The normalized spacial score (nSPS) is 10.7. The highest BCUT2D eigenvalue weighted by atomic mass is 35.5. The van der Waals surface area contributed by atoms with Crippen molar-refractivity contribution in [1.29, 1.82) is 0 Å². The summed E-state index contributed by atoms with van der Waals surface area (Å²) in [5.41, 5.74) is 0.874. The molecule has 22 heavy (non-hydrogen) atoms. The lowest BCUT2D eigenvalue weighted by molar-refractivity contribution is 0.0967. The number of aromatic nitrogens is 1. The molecule has 0 saturated heterocycles. The van der Waals surface area contributed by atoms with Gasteiger partial charge in [0.1, 0.15) is 5.75 Å². The van der Waals surface area contributed by atoms with E-state index in [0.717, 1.165) is 15.8 Å². The van der Waals surface area contributed by atoms with Crippen LogP contribution in [0.1, 0.15) is 15.4 Å². The molecule has 0 atom stereocenters. The summed E-state index contributed by atoms with van der Waals surface area (Å²) in [5.74, 6) is 1.18. The third-order valence-electron chi connectivity index (χ3n) is 3.19. The summed E-state index contributed by atoms with van der Waals surface area (Å²) in [7, 11) is 1.61. The van der Waals surface area contributed by atoms with Crippen molar-refractivity contribution >= 4 is 38.9 Å². The van der Waals surface area contributed by atoms with Crippen LogP contribution in [-0.4, -0.2) is 17.9 Å². The van der Waals surface area contributed by atoms with Crippen molar-refractivity contribution in [2.75, 3.05) is 7.05 Å². The van der Waals surface area contributed by atoms with Crippen LogP contribution in [0.2, 0.25) is 5.02 Å². The molecule has 1 aromatic carbocycles. The first-order valence-electron chi connectivity index (χ1n) is 6.63. The zero-order valence-corrected chi connectivity index (χ0v) is 13.6. The molecule has 0 saturated carbocycles. The Balaban J connectivity index is 2.05. The van der Waals surface area contributed by atoms with Crippen LogP contribution in [0.3, 0.4) is 0 Å². The van der Waals surface area contributed by atoms with Crippen LogP contribution in [0.4, 0.5) is 0 Å². The van der Waals surface area contributed by atoms with E-state index in [2.05, 4.69) is 10.3 Å². The van der Waals surface area contributed by atoms with Crippen molar-refractivity contribution in [3.8, 4) is 11.5 Å². The van der Waals surface area contributed by atoms with Crippen LogP contribution in [0.5, 0.6) is 11.5 Å². The highest BCUT2D eigenvalue weighted by Crippen LogP contribution is 2.36. The van der Waals surface area contributed by atoms with Crippen molar-refractivity contribution in [3.63, 3.8) is 0 Å². The third kappa shape index (κ3) is 2.77. The van der Waals surface area contributed by atoms with Crippen LogP contribution in [0.15, 0.2) is 36.5 Å². The summed E-state index contributed by atoms with van der Waals surface area (Å²) in [4.78, 5) is 16.8. The molecule has 1 amide bonds. The summed E-state index contributed by atoms with van der Waals surface area (Å²) < 4.78 is 6.83. The Morgan fingerprint density at radius 1 is 1.32 bits per heavy atom. The fourth-order valence-corrected chi connectivity index (χ4v) is 3.26. The first-order valence-corrected chi connectivity index (χ1v) is 7.82. The average Bonchev–Trinajstić information content (AvgIpc) is 2.98. The van der Waals surface area contributed by atoms with E-state index in [1.165, 1.54) is 11.3 Å². The van der Waals surface area contributed by atoms with Crippen LogP contribution >= 0.6 is 22.9 Å². The molecule has 0 radical (unpaired) electrons. The Kier molecular flexibility index (Phi) is 4.00. The Bertz CT molecular complexity index is 843. The number of thiophene rings is 1. The van der Waals surface area contributed by atoms with Crippen LogP contribution in [-0.2, 0) is 0 Å². The van der Waals surface area contributed by atoms with E-state index in [1.54, 1.807) is 37.5 Å². The zero-order chi connectivity index (χ0) is 15.7. The van der Waals surface area contributed by atoms with Crippen molar-refractivity contribution < 1.29 is 9.53 Å². The smallest absolute Gasteiger partial charge is 0.261 e. The number of ether oxygens (including phenoxy) is 1. The monoisotopic (exact) mass is 332 g/mol. The summed E-state index contributed by atoms with van der Waals surface area (Å²) in [6, 6.07) is 8.94. The first kappa shape index (κ1) is 14.8. The van der Waals surface area contributed by atoms with Gasteiger partial charge < -0.3 is 10.1 Å². The number of carbonyl (C=O) groups is 1. The Hall–Kier alpha value is -2.11. The SMILES string of the molecule is CNC(=O)c1cc2c(Oc3ccc(Cl)cc3)cnc(C)c2s1. The third-order valence-corrected chi connectivity index (χ3v) is 4.69. The molecule has 0 fully saturated rings. The van der Waals surface area contributed by atoms with Gasteiger partial charge in [-0.05, 0) is 37.3 Å².